The number of nitrogens with zero attached hydrogens (tertiary/aromatic N) is 1. The summed E-state index contributed by atoms with van der Waals surface area (Å²) in [5, 5.41) is 0. The molecule has 0 amide bonds. The summed E-state index contributed by atoms with van der Waals surface area (Å²) >= 11 is 0. The molecule has 1 heterocycles. The Bertz CT molecular complexity index is 609. The number of hydrogen-bond acceptors (Lipinski definition) is 1. The van der Waals surface area contributed by atoms with Gasteiger partial charge >= 0.3 is 0 Å². The van der Waals surface area contributed by atoms with E-state index in [4.69, 9.17) is 4.74 Å². The van der Waals surface area contributed by atoms with Gasteiger partial charge in [0.1, 0.15) is 25.4 Å². The van der Waals surface area contributed by atoms with Crippen LogP contribution < -0.4 is 4.74 Å². The molecule has 23 heavy (non-hydrogen) atoms. The Balaban J connectivity index is 1.64. The zero-order valence-corrected chi connectivity index (χ0v) is 14.4. The molecule has 0 atom stereocenters. The van der Waals surface area contributed by atoms with Gasteiger partial charge < -0.3 is 9.22 Å². The number of rotatable bonds is 6. The zero-order valence-electron chi connectivity index (χ0n) is 14.4. The highest BCUT2D eigenvalue weighted by molar-refractivity contribution is 5.39. The van der Waals surface area contributed by atoms with Crippen molar-refractivity contribution < 1.29 is 9.22 Å². The van der Waals surface area contributed by atoms with Crippen LogP contribution in [0.4, 0.5) is 0 Å². The van der Waals surface area contributed by atoms with Crippen LogP contribution in [0.5, 0.6) is 5.75 Å². The van der Waals surface area contributed by atoms with Gasteiger partial charge in [-0.15, -0.1) is 0 Å². The van der Waals surface area contributed by atoms with Crippen molar-refractivity contribution in [1.29, 1.82) is 0 Å². The molecular formula is C21H28NO+. The number of quaternary nitrogens is 1. The largest absolute Gasteiger partial charge is 0.487 e. The number of aryl methyl sites for hydroxylation is 2. The summed E-state index contributed by atoms with van der Waals surface area (Å²) in [4.78, 5) is 0. The Hall–Kier alpha value is -1.80. The smallest absolute Gasteiger partial charge is 0.137 e. The van der Waals surface area contributed by atoms with Gasteiger partial charge in [0, 0.05) is 18.4 Å². The SMILES string of the molecule is Cc1cccc(C)c1OCC[N+]1(Cc2ccccc2)CCCC1. The highest BCUT2D eigenvalue weighted by atomic mass is 16.5. The predicted molar refractivity (Wildman–Crippen MR) is 95.7 cm³/mol. The quantitative estimate of drug-likeness (QED) is 0.714. The standard InChI is InChI=1S/C21H28NO/c1-18-9-8-10-19(2)21(18)23-16-15-22(13-6-7-14-22)17-20-11-4-3-5-12-20/h3-5,8-12H,6-7,13-17H2,1-2H3/q+1. The minimum absolute atomic E-state index is 0.804. The topological polar surface area (TPSA) is 9.23 Å². The average molecular weight is 310 g/mol. The molecule has 2 aromatic rings. The van der Waals surface area contributed by atoms with E-state index >= 15 is 0 Å². The van der Waals surface area contributed by atoms with E-state index in [0.717, 1.165) is 25.4 Å². The molecule has 2 aromatic carbocycles. The number of benzene rings is 2. The lowest BCUT2D eigenvalue weighted by molar-refractivity contribution is -0.929. The third-order valence-electron chi connectivity index (χ3n) is 5.10. The molecule has 122 valence electrons. The monoisotopic (exact) mass is 310 g/mol. The lowest BCUT2D eigenvalue weighted by atomic mass is 10.1. The molecule has 0 radical (unpaired) electrons. The number of hydrogen-bond donors (Lipinski definition) is 0. The van der Waals surface area contributed by atoms with Crippen molar-refractivity contribution in [3.63, 3.8) is 0 Å². The normalized spacial score (nSPS) is 16.4. The van der Waals surface area contributed by atoms with Gasteiger partial charge in [-0.3, -0.25) is 0 Å². The van der Waals surface area contributed by atoms with Gasteiger partial charge in [-0.25, -0.2) is 0 Å². The van der Waals surface area contributed by atoms with Crippen molar-refractivity contribution in [2.45, 2.75) is 33.2 Å². The van der Waals surface area contributed by atoms with Gasteiger partial charge in [-0.2, -0.15) is 0 Å². The summed E-state index contributed by atoms with van der Waals surface area (Å²) in [6, 6.07) is 17.3. The fourth-order valence-corrected chi connectivity index (χ4v) is 3.81. The highest BCUT2D eigenvalue weighted by Crippen LogP contribution is 2.25. The van der Waals surface area contributed by atoms with E-state index in [9.17, 15) is 0 Å². The summed E-state index contributed by atoms with van der Waals surface area (Å²) in [7, 11) is 0. The highest BCUT2D eigenvalue weighted by Gasteiger charge is 2.32. The van der Waals surface area contributed by atoms with Crippen LogP contribution in [0.1, 0.15) is 29.5 Å². The molecule has 0 spiro atoms. The van der Waals surface area contributed by atoms with Crippen molar-refractivity contribution in [3.05, 3.63) is 65.2 Å². The molecule has 0 saturated carbocycles. The molecule has 0 bridgehead atoms. The lowest BCUT2D eigenvalue weighted by Gasteiger charge is -2.34. The van der Waals surface area contributed by atoms with Gasteiger partial charge in [-0.05, 0) is 25.0 Å². The Morgan fingerprint density at radius 3 is 2.17 bits per heavy atom. The van der Waals surface area contributed by atoms with Gasteiger partial charge in [-0.1, -0.05) is 48.5 Å². The van der Waals surface area contributed by atoms with Crippen LogP contribution in [0.3, 0.4) is 0 Å². The Labute approximate surface area is 140 Å². The van der Waals surface area contributed by atoms with Crippen LogP contribution in [0.15, 0.2) is 48.5 Å². The van der Waals surface area contributed by atoms with E-state index in [1.807, 2.05) is 0 Å². The van der Waals surface area contributed by atoms with E-state index in [1.165, 1.54) is 47.1 Å². The second kappa shape index (κ2) is 7.18. The molecule has 1 aliphatic rings. The Morgan fingerprint density at radius 1 is 0.870 bits per heavy atom. The lowest BCUT2D eigenvalue weighted by Crippen LogP contribution is -2.47. The van der Waals surface area contributed by atoms with Crippen LogP contribution in [0, 0.1) is 13.8 Å². The predicted octanol–water partition coefficient (Wildman–Crippen LogP) is 4.49. The van der Waals surface area contributed by atoms with Gasteiger partial charge in [0.05, 0.1) is 13.1 Å². The molecule has 0 unspecified atom stereocenters. The minimum atomic E-state index is 0.804. The first-order valence-electron chi connectivity index (χ1n) is 8.77. The second-order valence-electron chi connectivity index (χ2n) is 6.93. The first-order valence-corrected chi connectivity index (χ1v) is 8.77. The van der Waals surface area contributed by atoms with Crippen molar-refractivity contribution >= 4 is 0 Å². The number of likely N-dealkylation sites (tertiary alicyclic amines) is 1. The Kier molecular flexibility index (Phi) is 5.02. The Morgan fingerprint density at radius 2 is 1.52 bits per heavy atom. The molecule has 2 nitrogen and oxygen atoms in total. The van der Waals surface area contributed by atoms with Crippen LogP contribution in [0.2, 0.25) is 0 Å². The van der Waals surface area contributed by atoms with Crippen LogP contribution >= 0.6 is 0 Å². The molecule has 3 rings (SSSR count). The van der Waals surface area contributed by atoms with E-state index in [2.05, 4.69) is 62.4 Å². The van der Waals surface area contributed by atoms with Crippen molar-refractivity contribution in [1.82, 2.24) is 0 Å². The fraction of sp³-hybridized carbons (Fsp3) is 0.429. The van der Waals surface area contributed by atoms with Gasteiger partial charge in [0.2, 0.25) is 0 Å². The first kappa shape index (κ1) is 16.1. The molecule has 1 fully saturated rings. The average Bonchev–Trinajstić information content (AvgIpc) is 3.00. The van der Waals surface area contributed by atoms with E-state index < -0.39 is 0 Å². The van der Waals surface area contributed by atoms with E-state index in [-0.39, 0.29) is 0 Å². The minimum Gasteiger partial charge on any atom is -0.487 e. The maximum Gasteiger partial charge on any atom is 0.137 e. The second-order valence-corrected chi connectivity index (χ2v) is 6.93. The van der Waals surface area contributed by atoms with Gasteiger partial charge in [0.25, 0.3) is 0 Å². The number of para-hydroxylation sites is 1. The van der Waals surface area contributed by atoms with Crippen LogP contribution in [-0.4, -0.2) is 30.7 Å². The molecule has 2 heteroatoms. The summed E-state index contributed by atoms with van der Waals surface area (Å²) in [5.41, 5.74) is 3.92. The third-order valence-corrected chi connectivity index (χ3v) is 5.10. The molecule has 0 N–H and O–H groups in total. The van der Waals surface area contributed by atoms with Crippen molar-refractivity contribution in [2.24, 2.45) is 0 Å². The van der Waals surface area contributed by atoms with Gasteiger partial charge in [0.15, 0.2) is 0 Å². The third kappa shape index (κ3) is 3.94. The summed E-state index contributed by atoms with van der Waals surface area (Å²) in [5.74, 6) is 1.07. The summed E-state index contributed by atoms with van der Waals surface area (Å²) < 4.78 is 7.35. The number of ether oxygens (including phenoxy) is 1. The van der Waals surface area contributed by atoms with Crippen LogP contribution in [0.25, 0.3) is 0 Å². The zero-order chi connectivity index (χ0) is 16.1. The molecule has 0 aliphatic carbocycles. The first-order chi connectivity index (χ1) is 11.2. The molecular weight excluding hydrogens is 282 g/mol. The van der Waals surface area contributed by atoms with Crippen molar-refractivity contribution in [3.8, 4) is 5.75 Å². The van der Waals surface area contributed by atoms with Crippen molar-refractivity contribution in [2.75, 3.05) is 26.2 Å². The molecule has 0 aromatic heterocycles. The van der Waals surface area contributed by atoms with Crippen LogP contribution in [-0.2, 0) is 6.54 Å². The molecule has 1 saturated heterocycles. The molecule has 1 aliphatic heterocycles. The maximum atomic E-state index is 6.18. The van der Waals surface area contributed by atoms with E-state index in [1.54, 1.807) is 0 Å². The maximum absolute atomic E-state index is 6.18. The summed E-state index contributed by atoms with van der Waals surface area (Å²) in [6.45, 7) is 9.87. The van der Waals surface area contributed by atoms with E-state index in [0.29, 0.717) is 0 Å². The summed E-state index contributed by atoms with van der Waals surface area (Å²) in [6.07, 6.45) is 2.69. The fourth-order valence-electron chi connectivity index (χ4n) is 3.81.